The van der Waals surface area contributed by atoms with Crippen molar-refractivity contribution in [2.75, 3.05) is 13.1 Å². The minimum atomic E-state index is -4.47. The van der Waals surface area contributed by atoms with Crippen LogP contribution in [0.25, 0.3) is 5.69 Å². The zero-order valence-corrected chi connectivity index (χ0v) is 20.1. The second-order valence-electron chi connectivity index (χ2n) is 10.5. The second kappa shape index (κ2) is 7.24. The van der Waals surface area contributed by atoms with E-state index >= 15 is 0 Å². The maximum absolute atomic E-state index is 13.5. The highest BCUT2D eigenvalue weighted by atomic mass is 19.4. The molecule has 1 fully saturated rings. The molecule has 3 aromatic rings. The summed E-state index contributed by atoms with van der Waals surface area (Å²) in [5.74, 6) is 0.109. The summed E-state index contributed by atoms with van der Waals surface area (Å²) >= 11 is 0. The number of amides is 1. The molecule has 1 saturated carbocycles. The summed E-state index contributed by atoms with van der Waals surface area (Å²) in [6.45, 7) is 6.57. The van der Waals surface area contributed by atoms with E-state index in [1.807, 2.05) is 20.8 Å². The molecule has 4 heterocycles. The van der Waals surface area contributed by atoms with Crippen LogP contribution < -0.4 is 10.3 Å². The van der Waals surface area contributed by atoms with Crippen LogP contribution in [0.1, 0.15) is 47.6 Å². The Morgan fingerprint density at radius 3 is 2.61 bits per heavy atom. The summed E-state index contributed by atoms with van der Waals surface area (Å²) in [6.07, 6.45) is -0.543. The summed E-state index contributed by atoms with van der Waals surface area (Å²) in [5.41, 5.74) is -0.249. The number of alkyl halides is 3. The molecule has 1 amide bonds. The van der Waals surface area contributed by atoms with E-state index in [2.05, 4.69) is 4.98 Å². The molecule has 0 bridgehead atoms. The van der Waals surface area contributed by atoms with Crippen molar-refractivity contribution in [1.29, 1.82) is 0 Å². The molecule has 1 aromatic carbocycles. The molecule has 36 heavy (non-hydrogen) atoms. The lowest BCUT2D eigenvalue weighted by Crippen LogP contribution is -2.50. The van der Waals surface area contributed by atoms with Crippen LogP contribution in [0, 0.1) is 12.8 Å². The first-order valence-corrected chi connectivity index (χ1v) is 11.9. The van der Waals surface area contributed by atoms with Gasteiger partial charge in [-0.05, 0) is 57.5 Å². The van der Waals surface area contributed by atoms with Crippen LogP contribution >= 0.6 is 0 Å². The Bertz CT molecular complexity index is 1470. The van der Waals surface area contributed by atoms with E-state index in [-0.39, 0.29) is 29.6 Å². The summed E-state index contributed by atoms with van der Waals surface area (Å²) in [4.78, 5) is 32.5. The van der Waals surface area contributed by atoms with Gasteiger partial charge in [-0.25, -0.2) is 4.98 Å². The monoisotopic (exact) mass is 498 g/mol. The predicted octanol–water partition coefficient (Wildman–Crippen LogP) is 3.95. The Morgan fingerprint density at radius 2 is 1.92 bits per heavy atom. The first kappa shape index (κ1) is 22.9. The van der Waals surface area contributed by atoms with Crippen LogP contribution in [0.2, 0.25) is 0 Å². The number of imidazole rings is 1. The third kappa shape index (κ3) is 3.30. The summed E-state index contributed by atoms with van der Waals surface area (Å²) in [6, 6.07) is 6.85. The lowest BCUT2D eigenvalue weighted by Gasteiger charge is -2.40. The maximum atomic E-state index is 13.5. The van der Waals surface area contributed by atoms with Crippen molar-refractivity contribution in [3.63, 3.8) is 0 Å². The lowest BCUT2D eigenvalue weighted by atomic mass is 9.82. The van der Waals surface area contributed by atoms with Crippen molar-refractivity contribution in [2.45, 2.75) is 50.9 Å². The van der Waals surface area contributed by atoms with Gasteiger partial charge in [0.1, 0.15) is 22.7 Å². The van der Waals surface area contributed by atoms with E-state index in [4.69, 9.17) is 4.74 Å². The minimum Gasteiger partial charge on any atom is -0.487 e. The summed E-state index contributed by atoms with van der Waals surface area (Å²) in [7, 11) is 0. The van der Waals surface area contributed by atoms with Crippen molar-refractivity contribution in [2.24, 2.45) is 5.92 Å². The van der Waals surface area contributed by atoms with E-state index in [9.17, 15) is 22.8 Å². The predicted molar refractivity (Wildman–Crippen MR) is 124 cm³/mol. The van der Waals surface area contributed by atoms with Gasteiger partial charge in [0.25, 0.3) is 11.5 Å². The molecule has 1 aliphatic carbocycles. The third-order valence-corrected chi connectivity index (χ3v) is 7.85. The number of aryl methyl sites for hydroxylation is 1. The Hall–Kier alpha value is -3.56. The van der Waals surface area contributed by atoms with Gasteiger partial charge in [0, 0.05) is 42.7 Å². The number of carbonyl (C=O) groups excluding carboxylic acids is 1. The highest BCUT2D eigenvalue weighted by molar-refractivity contribution is 5.93. The number of benzene rings is 1. The quantitative estimate of drug-likeness (QED) is 0.549. The molecule has 0 radical (unpaired) electrons. The fourth-order valence-corrected chi connectivity index (χ4v) is 6.01. The molecular formula is C26H25F3N4O3. The van der Waals surface area contributed by atoms with Gasteiger partial charge in [-0.2, -0.15) is 13.2 Å². The van der Waals surface area contributed by atoms with Gasteiger partial charge in [-0.15, -0.1) is 0 Å². The Labute approximate surface area is 205 Å². The van der Waals surface area contributed by atoms with Crippen molar-refractivity contribution >= 4 is 5.91 Å². The molecular weight excluding hydrogens is 473 g/mol. The molecule has 2 atom stereocenters. The molecule has 0 saturated heterocycles. The second-order valence-corrected chi connectivity index (χ2v) is 10.5. The first-order valence-electron chi connectivity index (χ1n) is 11.9. The van der Waals surface area contributed by atoms with Crippen LogP contribution in [0.3, 0.4) is 0 Å². The van der Waals surface area contributed by atoms with Gasteiger partial charge in [-0.3, -0.25) is 9.59 Å². The molecule has 0 N–H and O–H groups in total. The fourth-order valence-electron chi connectivity index (χ4n) is 6.01. The largest absolute Gasteiger partial charge is 0.487 e. The van der Waals surface area contributed by atoms with E-state index in [1.165, 1.54) is 16.7 Å². The van der Waals surface area contributed by atoms with Crippen LogP contribution in [-0.2, 0) is 18.1 Å². The van der Waals surface area contributed by atoms with Crippen molar-refractivity contribution < 1.29 is 22.7 Å². The topological polar surface area (TPSA) is 69.4 Å². The number of fused-ring (bicyclic) bond motifs is 4. The molecule has 7 nitrogen and oxygen atoms in total. The summed E-state index contributed by atoms with van der Waals surface area (Å²) in [5, 5.41) is 0. The average Bonchev–Trinajstić information content (AvgIpc) is 3.41. The zero-order valence-electron chi connectivity index (χ0n) is 20.1. The van der Waals surface area contributed by atoms with Crippen LogP contribution in [0.5, 0.6) is 5.75 Å². The molecule has 2 aliphatic heterocycles. The van der Waals surface area contributed by atoms with Gasteiger partial charge in [0.05, 0.1) is 17.6 Å². The fraction of sp³-hybridized carbons (Fsp3) is 0.423. The Morgan fingerprint density at radius 1 is 1.14 bits per heavy atom. The maximum Gasteiger partial charge on any atom is 0.416 e. The highest BCUT2D eigenvalue weighted by Crippen LogP contribution is 2.65. The molecule has 10 heteroatoms. The molecule has 0 spiro atoms. The SMILES string of the molecule is Cc1cn(-c2ccc3n(c2=O)CCN(C[C@@]24C[C@@H]2C(C)(C)Oc2ccc(C(F)(F)F)cc24)C3=O)cn1. The van der Waals surface area contributed by atoms with Gasteiger partial charge in [0.2, 0.25) is 0 Å². The van der Waals surface area contributed by atoms with Crippen LogP contribution in [-0.4, -0.2) is 43.6 Å². The zero-order chi connectivity index (χ0) is 25.6. The normalized spacial score (nSPS) is 24.0. The standard InChI is InChI=1S/C26H25F3N4O3/c1-15-12-32(14-30-15)18-5-6-19-22(34)31(8-9-33(19)23(18)35)13-25-11-21(25)24(2,3)36-20-7-4-16(10-17(20)25)26(27,28)29/h4-7,10,12,14,21H,8-9,11,13H2,1-3H3/t21-,25-/m1/s1. The molecule has 2 aromatic heterocycles. The van der Waals surface area contributed by atoms with Crippen molar-refractivity contribution in [3.05, 3.63) is 75.7 Å². The number of hydrogen-bond acceptors (Lipinski definition) is 4. The minimum absolute atomic E-state index is 0.0234. The number of carbonyl (C=O) groups is 1. The smallest absolute Gasteiger partial charge is 0.416 e. The number of halogens is 3. The number of hydrogen-bond donors (Lipinski definition) is 0. The molecule has 188 valence electrons. The first-order chi connectivity index (χ1) is 16.9. The van der Waals surface area contributed by atoms with Crippen molar-refractivity contribution in [3.8, 4) is 11.4 Å². The van der Waals surface area contributed by atoms with E-state index in [0.29, 0.717) is 36.5 Å². The van der Waals surface area contributed by atoms with Crippen molar-refractivity contribution in [1.82, 2.24) is 19.0 Å². The third-order valence-electron chi connectivity index (χ3n) is 7.85. The van der Waals surface area contributed by atoms with Crippen LogP contribution in [0.15, 0.2) is 47.7 Å². The Balaban J connectivity index is 1.35. The highest BCUT2D eigenvalue weighted by Gasteiger charge is 2.67. The molecule has 3 aliphatic rings. The average molecular weight is 499 g/mol. The number of pyridine rings is 1. The molecule has 0 unspecified atom stereocenters. The number of nitrogens with zero attached hydrogens (tertiary/aromatic N) is 4. The summed E-state index contributed by atoms with van der Waals surface area (Å²) < 4.78 is 49.7. The van der Waals surface area contributed by atoms with Gasteiger partial charge < -0.3 is 18.8 Å². The number of aromatic nitrogens is 3. The molecule has 6 rings (SSSR count). The number of rotatable bonds is 3. The van der Waals surface area contributed by atoms with Crippen LogP contribution in [0.4, 0.5) is 13.2 Å². The van der Waals surface area contributed by atoms with Gasteiger partial charge >= 0.3 is 6.18 Å². The van der Waals surface area contributed by atoms with E-state index in [1.54, 1.807) is 34.1 Å². The lowest BCUT2D eigenvalue weighted by molar-refractivity contribution is -0.137. The van der Waals surface area contributed by atoms with Gasteiger partial charge in [-0.1, -0.05) is 0 Å². The van der Waals surface area contributed by atoms with E-state index in [0.717, 1.165) is 11.8 Å². The van der Waals surface area contributed by atoms with E-state index < -0.39 is 22.8 Å². The van der Waals surface area contributed by atoms with Gasteiger partial charge in [0.15, 0.2) is 0 Å². The number of ether oxygens (including phenoxy) is 1. The Kier molecular flexibility index (Phi) is 4.60.